The summed E-state index contributed by atoms with van der Waals surface area (Å²) in [5.41, 5.74) is 5.66. The average molecular weight is 328 g/mol. The van der Waals surface area contributed by atoms with Gasteiger partial charge in [0.2, 0.25) is 10.0 Å². The second-order valence-electron chi connectivity index (χ2n) is 3.32. The van der Waals surface area contributed by atoms with Crippen molar-refractivity contribution in [3.8, 4) is 0 Å². The van der Waals surface area contributed by atoms with Crippen LogP contribution in [-0.4, -0.2) is 20.2 Å². The number of anilines is 1. The van der Waals surface area contributed by atoms with Crippen LogP contribution in [0.4, 0.5) is 5.69 Å². The first kappa shape index (κ1) is 13.8. The number of halogens is 2. The Balaban J connectivity index is 3.01. The molecule has 1 atom stereocenters. The van der Waals surface area contributed by atoms with E-state index in [4.69, 9.17) is 17.3 Å². The van der Waals surface area contributed by atoms with Gasteiger partial charge >= 0.3 is 0 Å². The fourth-order valence-electron chi connectivity index (χ4n) is 0.956. The van der Waals surface area contributed by atoms with Gasteiger partial charge in [0, 0.05) is 11.0 Å². The van der Waals surface area contributed by atoms with Crippen LogP contribution in [0.15, 0.2) is 22.7 Å². The molecule has 90 valence electrons. The number of rotatable bonds is 4. The van der Waals surface area contributed by atoms with Gasteiger partial charge in [-0.05, 0) is 25.1 Å². The zero-order valence-corrected chi connectivity index (χ0v) is 11.7. The lowest BCUT2D eigenvalue weighted by atomic mass is 10.3. The van der Waals surface area contributed by atoms with Gasteiger partial charge in [0.1, 0.15) is 0 Å². The monoisotopic (exact) mass is 326 g/mol. The number of hydrogen-bond acceptors (Lipinski definition) is 3. The molecule has 0 aliphatic heterocycles. The highest BCUT2D eigenvalue weighted by Gasteiger charge is 2.20. The molecule has 0 saturated carbocycles. The molecular formula is C9H12BrClN2O2S. The Morgan fingerprint density at radius 2 is 2.19 bits per heavy atom. The van der Waals surface area contributed by atoms with Gasteiger partial charge in [-0.25, -0.2) is 8.42 Å². The van der Waals surface area contributed by atoms with Crippen LogP contribution in [0.25, 0.3) is 0 Å². The van der Waals surface area contributed by atoms with Gasteiger partial charge in [-0.15, -0.1) is 0 Å². The van der Waals surface area contributed by atoms with Crippen molar-refractivity contribution in [2.24, 2.45) is 5.73 Å². The molecule has 4 nitrogen and oxygen atoms in total. The summed E-state index contributed by atoms with van der Waals surface area (Å²) in [6.07, 6.45) is 0. The Morgan fingerprint density at radius 1 is 1.56 bits per heavy atom. The molecule has 1 aromatic carbocycles. The van der Waals surface area contributed by atoms with Crippen molar-refractivity contribution in [3.05, 3.63) is 27.7 Å². The largest absolute Gasteiger partial charge is 0.329 e. The van der Waals surface area contributed by atoms with Crippen LogP contribution in [0.5, 0.6) is 0 Å². The Kier molecular flexibility index (Phi) is 4.61. The molecule has 0 bridgehead atoms. The van der Waals surface area contributed by atoms with Gasteiger partial charge in [-0.2, -0.15) is 0 Å². The van der Waals surface area contributed by atoms with Crippen LogP contribution >= 0.6 is 27.5 Å². The fraction of sp³-hybridized carbons (Fsp3) is 0.333. The zero-order chi connectivity index (χ0) is 12.3. The van der Waals surface area contributed by atoms with E-state index in [9.17, 15) is 8.42 Å². The van der Waals surface area contributed by atoms with Crippen LogP contribution in [-0.2, 0) is 10.0 Å². The lowest BCUT2D eigenvalue weighted by molar-refractivity contribution is 0.589. The third kappa shape index (κ3) is 3.35. The lowest BCUT2D eigenvalue weighted by Gasteiger charge is -2.14. The number of sulfonamides is 1. The molecule has 0 saturated heterocycles. The molecule has 0 aromatic heterocycles. The standard InChI is InChI=1S/C9H12BrClN2O2S/c1-6(5-12)16(14,15)13-9-4-7(10)2-3-8(9)11/h2-4,6,13H,5,12H2,1H3. The molecule has 0 amide bonds. The maximum absolute atomic E-state index is 11.7. The van der Waals surface area contributed by atoms with Crippen molar-refractivity contribution in [2.45, 2.75) is 12.2 Å². The van der Waals surface area contributed by atoms with E-state index in [0.717, 1.165) is 4.47 Å². The third-order valence-corrected chi connectivity index (χ3v) is 4.62. The minimum atomic E-state index is -3.48. The second-order valence-corrected chi connectivity index (χ2v) is 6.74. The summed E-state index contributed by atoms with van der Waals surface area (Å²) in [5, 5.41) is -0.321. The Labute approximate surface area is 108 Å². The summed E-state index contributed by atoms with van der Waals surface area (Å²) >= 11 is 9.11. The van der Waals surface area contributed by atoms with E-state index < -0.39 is 15.3 Å². The molecule has 0 aliphatic carbocycles. The summed E-state index contributed by atoms with van der Waals surface area (Å²) in [6.45, 7) is 1.59. The number of benzene rings is 1. The molecule has 0 aliphatic rings. The van der Waals surface area contributed by atoms with E-state index in [1.807, 2.05) is 0 Å². The van der Waals surface area contributed by atoms with Crippen molar-refractivity contribution in [2.75, 3.05) is 11.3 Å². The van der Waals surface area contributed by atoms with E-state index in [0.29, 0.717) is 10.7 Å². The minimum Gasteiger partial charge on any atom is -0.329 e. The maximum atomic E-state index is 11.7. The van der Waals surface area contributed by atoms with Gasteiger partial charge < -0.3 is 5.73 Å². The molecule has 1 aromatic rings. The highest BCUT2D eigenvalue weighted by molar-refractivity contribution is 9.10. The zero-order valence-electron chi connectivity index (χ0n) is 8.57. The second kappa shape index (κ2) is 5.35. The van der Waals surface area contributed by atoms with Crippen LogP contribution < -0.4 is 10.5 Å². The highest BCUT2D eigenvalue weighted by atomic mass is 79.9. The molecule has 1 unspecified atom stereocenters. The van der Waals surface area contributed by atoms with Crippen molar-refractivity contribution in [1.29, 1.82) is 0 Å². The van der Waals surface area contributed by atoms with Crippen LogP contribution in [0.3, 0.4) is 0 Å². The Hall–Kier alpha value is -0.300. The molecule has 0 radical (unpaired) electrons. The first-order valence-electron chi connectivity index (χ1n) is 4.53. The fourth-order valence-corrected chi connectivity index (χ4v) is 2.47. The van der Waals surface area contributed by atoms with E-state index in [2.05, 4.69) is 20.7 Å². The lowest BCUT2D eigenvalue weighted by Crippen LogP contribution is -2.31. The topological polar surface area (TPSA) is 72.2 Å². The van der Waals surface area contributed by atoms with Crippen LogP contribution in [0.2, 0.25) is 5.02 Å². The minimum absolute atomic E-state index is 0.0565. The summed E-state index contributed by atoms with van der Waals surface area (Å²) < 4.78 is 26.6. The van der Waals surface area contributed by atoms with Gasteiger partial charge in [-0.3, -0.25) is 4.72 Å². The average Bonchev–Trinajstić information content (AvgIpc) is 2.22. The third-order valence-electron chi connectivity index (χ3n) is 2.04. The number of hydrogen-bond donors (Lipinski definition) is 2. The molecular weight excluding hydrogens is 316 g/mol. The SMILES string of the molecule is CC(CN)S(=O)(=O)Nc1cc(Br)ccc1Cl. The first-order chi connectivity index (χ1) is 7.36. The highest BCUT2D eigenvalue weighted by Crippen LogP contribution is 2.27. The summed E-state index contributed by atoms with van der Waals surface area (Å²) in [4.78, 5) is 0. The molecule has 3 N–H and O–H groups in total. The quantitative estimate of drug-likeness (QED) is 0.890. The van der Waals surface area contributed by atoms with E-state index in [1.54, 1.807) is 18.2 Å². The normalized spacial score (nSPS) is 13.5. The molecule has 0 heterocycles. The van der Waals surface area contributed by atoms with Crippen LogP contribution in [0.1, 0.15) is 6.92 Å². The summed E-state index contributed by atoms with van der Waals surface area (Å²) in [6, 6.07) is 4.94. The summed E-state index contributed by atoms with van der Waals surface area (Å²) in [7, 11) is -3.48. The predicted octanol–water partition coefficient (Wildman–Crippen LogP) is 2.19. The van der Waals surface area contributed by atoms with Crippen molar-refractivity contribution in [3.63, 3.8) is 0 Å². The Morgan fingerprint density at radius 3 is 2.75 bits per heavy atom. The maximum Gasteiger partial charge on any atom is 0.236 e. The van der Waals surface area contributed by atoms with E-state index in [1.165, 1.54) is 6.92 Å². The molecule has 0 spiro atoms. The van der Waals surface area contributed by atoms with Crippen molar-refractivity contribution >= 4 is 43.2 Å². The van der Waals surface area contributed by atoms with E-state index in [-0.39, 0.29) is 6.54 Å². The molecule has 7 heteroatoms. The van der Waals surface area contributed by atoms with Gasteiger partial charge in [0.25, 0.3) is 0 Å². The van der Waals surface area contributed by atoms with E-state index >= 15 is 0 Å². The van der Waals surface area contributed by atoms with Gasteiger partial charge in [-0.1, -0.05) is 27.5 Å². The molecule has 16 heavy (non-hydrogen) atoms. The van der Waals surface area contributed by atoms with Crippen molar-refractivity contribution in [1.82, 2.24) is 0 Å². The molecule has 0 fully saturated rings. The van der Waals surface area contributed by atoms with Crippen LogP contribution in [0, 0.1) is 0 Å². The molecule has 1 rings (SSSR count). The van der Waals surface area contributed by atoms with Gasteiger partial charge in [0.05, 0.1) is 16.0 Å². The van der Waals surface area contributed by atoms with Crippen molar-refractivity contribution < 1.29 is 8.42 Å². The predicted molar refractivity (Wildman–Crippen MR) is 70.2 cm³/mol. The number of nitrogens with two attached hydrogens (primary N) is 1. The smallest absolute Gasteiger partial charge is 0.236 e. The van der Waals surface area contributed by atoms with Gasteiger partial charge in [0.15, 0.2) is 0 Å². The Bertz CT molecular complexity index is 478. The number of nitrogens with one attached hydrogen (secondary N) is 1. The first-order valence-corrected chi connectivity index (χ1v) is 7.25. The summed E-state index contributed by atoms with van der Waals surface area (Å²) in [5.74, 6) is 0.